The number of fused-ring (bicyclic) bond motifs is 1. The third-order valence-electron chi connectivity index (χ3n) is 4.20. The number of nitrogens with one attached hydrogen (secondary N) is 1. The van der Waals surface area contributed by atoms with Crippen LogP contribution >= 0.6 is 22.6 Å². The highest BCUT2D eigenvalue weighted by molar-refractivity contribution is 14.1. The molecule has 0 spiro atoms. The summed E-state index contributed by atoms with van der Waals surface area (Å²) < 4.78 is 1.16. The number of aromatic nitrogens is 2. The van der Waals surface area contributed by atoms with Crippen molar-refractivity contribution in [2.75, 3.05) is 25.0 Å². The van der Waals surface area contributed by atoms with Crippen molar-refractivity contribution < 1.29 is 4.79 Å². The van der Waals surface area contributed by atoms with E-state index >= 15 is 0 Å². The second-order valence-corrected chi connectivity index (χ2v) is 7.01. The fourth-order valence-electron chi connectivity index (χ4n) is 3.07. The van der Waals surface area contributed by atoms with Crippen molar-refractivity contribution in [2.24, 2.45) is 5.73 Å². The standard InChI is InChI=1S/C16H20IN5O/c17-11-4-5-13-12(9-11)16(21-10-20-13)19-6-2-8-22-7-1-3-14(22)15(18)23/h4-5,9-10,14H,1-3,6-8H2,(H2,18,23)(H,19,20,21)/t14-/m0/s1. The van der Waals surface area contributed by atoms with Gasteiger partial charge < -0.3 is 11.1 Å². The van der Waals surface area contributed by atoms with Crippen molar-refractivity contribution in [2.45, 2.75) is 25.3 Å². The third kappa shape index (κ3) is 3.89. The van der Waals surface area contributed by atoms with Crippen LogP contribution in [0.15, 0.2) is 24.5 Å². The summed E-state index contributed by atoms with van der Waals surface area (Å²) in [5.41, 5.74) is 6.39. The monoisotopic (exact) mass is 425 g/mol. The van der Waals surface area contributed by atoms with Gasteiger partial charge in [-0.25, -0.2) is 9.97 Å². The highest BCUT2D eigenvalue weighted by atomic mass is 127. The predicted octanol–water partition coefficient (Wildman–Crippen LogP) is 1.99. The minimum absolute atomic E-state index is 0.0866. The molecule has 1 aliphatic rings. The van der Waals surface area contributed by atoms with Gasteiger partial charge in [0.15, 0.2) is 0 Å². The van der Waals surface area contributed by atoms with Gasteiger partial charge in [-0.2, -0.15) is 0 Å². The van der Waals surface area contributed by atoms with E-state index in [1.54, 1.807) is 6.33 Å². The predicted molar refractivity (Wildman–Crippen MR) is 99.2 cm³/mol. The lowest BCUT2D eigenvalue weighted by molar-refractivity contribution is -0.122. The molecule has 1 aliphatic heterocycles. The molecule has 6 nitrogen and oxygen atoms in total. The Hall–Kier alpha value is -1.48. The second-order valence-electron chi connectivity index (χ2n) is 5.76. The summed E-state index contributed by atoms with van der Waals surface area (Å²) in [7, 11) is 0. The molecule has 1 aromatic carbocycles. The van der Waals surface area contributed by atoms with Gasteiger partial charge in [0.05, 0.1) is 11.6 Å². The number of nitrogens with two attached hydrogens (primary N) is 1. The number of carbonyl (C=O) groups excluding carboxylic acids is 1. The molecule has 2 aromatic rings. The van der Waals surface area contributed by atoms with Gasteiger partial charge in [-0.3, -0.25) is 9.69 Å². The Labute approximate surface area is 149 Å². The van der Waals surface area contributed by atoms with Gasteiger partial charge in [-0.05, 0) is 66.6 Å². The van der Waals surface area contributed by atoms with Crippen molar-refractivity contribution in [1.29, 1.82) is 0 Å². The first-order valence-electron chi connectivity index (χ1n) is 7.82. The Balaban J connectivity index is 1.57. The van der Waals surface area contributed by atoms with Crippen LogP contribution in [0.25, 0.3) is 10.9 Å². The van der Waals surface area contributed by atoms with E-state index in [0.29, 0.717) is 0 Å². The molecule has 0 bridgehead atoms. The molecule has 7 heteroatoms. The zero-order chi connectivity index (χ0) is 16.2. The molecule has 1 atom stereocenters. The van der Waals surface area contributed by atoms with Gasteiger partial charge in [0.25, 0.3) is 0 Å². The van der Waals surface area contributed by atoms with E-state index in [-0.39, 0.29) is 11.9 Å². The molecule has 23 heavy (non-hydrogen) atoms. The van der Waals surface area contributed by atoms with Crippen molar-refractivity contribution in [3.05, 3.63) is 28.1 Å². The fraction of sp³-hybridized carbons (Fsp3) is 0.438. The number of anilines is 1. The van der Waals surface area contributed by atoms with E-state index in [1.165, 1.54) is 0 Å². The van der Waals surface area contributed by atoms with Crippen molar-refractivity contribution in [3.8, 4) is 0 Å². The first-order chi connectivity index (χ1) is 11.1. The van der Waals surface area contributed by atoms with Crippen LogP contribution in [0.2, 0.25) is 0 Å². The minimum atomic E-state index is -0.202. The van der Waals surface area contributed by atoms with Crippen molar-refractivity contribution in [1.82, 2.24) is 14.9 Å². The van der Waals surface area contributed by atoms with E-state index in [9.17, 15) is 4.79 Å². The average molecular weight is 425 g/mol. The fourth-order valence-corrected chi connectivity index (χ4v) is 3.57. The van der Waals surface area contributed by atoms with Crippen molar-refractivity contribution in [3.63, 3.8) is 0 Å². The van der Waals surface area contributed by atoms with Crippen LogP contribution in [0.4, 0.5) is 5.82 Å². The maximum Gasteiger partial charge on any atom is 0.234 e. The molecule has 0 aliphatic carbocycles. The number of halogens is 1. The van der Waals surface area contributed by atoms with E-state index in [0.717, 1.165) is 59.2 Å². The van der Waals surface area contributed by atoms with Crippen LogP contribution in [0, 0.1) is 3.57 Å². The zero-order valence-corrected chi connectivity index (χ0v) is 15.0. The maximum atomic E-state index is 11.4. The zero-order valence-electron chi connectivity index (χ0n) is 12.8. The number of carbonyl (C=O) groups is 1. The van der Waals surface area contributed by atoms with E-state index in [1.807, 2.05) is 12.1 Å². The minimum Gasteiger partial charge on any atom is -0.369 e. The van der Waals surface area contributed by atoms with Gasteiger partial charge in [-0.1, -0.05) is 0 Å². The molecule has 3 rings (SSSR count). The number of hydrogen-bond acceptors (Lipinski definition) is 5. The smallest absolute Gasteiger partial charge is 0.234 e. The Bertz CT molecular complexity index is 708. The summed E-state index contributed by atoms with van der Waals surface area (Å²) >= 11 is 2.29. The molecular formula is C16H20IN5O. The highest BCUT2D eigenvalue weighted by Crippen LogP contribution is 2.21. The van der Waals surface area contributed by atoms with Crippen LogP contribution in [-0.4, -0.2) is 46.5 Å². The first-order valence-corrected chi connectivity index (χ1v) is 8.90. The summed E-state index contributed by atoms with van der Waals surface area (Å²) in [5, 5.41) is 4.42. The normalized spacial score (nSPS) is 18.4. The molecule has 122 valence electrons. The number of primary amides is 1. The number of likely N-dealkylation sites (tertiary alicyclic amines) is 1. The Kier molecular flexibility index (Phi) is 5.27. The number of rotatable bonds is 6. The number of nitrogens with zero attached hydrogens (tertiary/aromatic N) is 3. The Morgan fingerprint density at radius 2 is 2.30 bits per heavy atom. The second kappa shape index (κ2) is 7.39. The third-order valence-corrected chi connectivity index (χ3v) is 4.88. The molecule has 1 amide bonds. The van der Waals surface area contributed by atoms with Crippen LogP contribution in [0.5, 0.6) is 0 Å². The molecule has 0 saturated carbocycles. The quantitative estimate of drug-likeness (QED) is 0.547. The van der Waals surface area contributed by atoms with Crippen LogP contribution in [0.3, 0.4) is 0 Å². The number of amides is 1. The maximum absolute atomic E-state index is 11.4. The van der Waals surface area contributed by atoms with E-state index < -0.39 is 0 Å². The topological polar surface area (TPSA) is 84.1 Å². The molecular weight excluding hydrogens is 405 g/mol. The summed E-state index contributed by atoms with van der Waals surface area (Å²) in [6, 6.07) is 6.04. The SMILES string of the molecule is NC(=O)[C@@H]1CCCN1CCCNc1ncnc2ccc(I)cc12. The lowest BCUT2D eigenvalue weighted by Gasteiger charge is -2.21. The lowest BCUT2D eigenvalue weighted by Crippen LogP contribution is -2.41. The number of hydrogen-bond donors (Lipinski definition) is 2. The van der Waals surface area contributed by atoms with Gasteiger partial charge in [0.1, 0.15) is 12.1 Å². The Morgan fingerprint density at radius 1 is 1.43 bits per heavy atom. The summed E-state index contributed by atoms with van der Waals surface area (Å²) in [6.45, 7) is 2.64. The summed E-state index contributed by atoms with van der Waals surface area (Å²) in [6.07, 6.45) is 4.47. The van der Waals surface area contributed by atoms with Gasteiger partial charge >= 0.3 is 0 Å². The molecule has 0 unspecified atom stereocenters. The molecule has 1 fully saturated rings. The lowest BCUT2D eigenvalue weighted by atomic mass is 10.2. The molecule has 1 saturated heterocycles. The first kappa shape index (κ1) is 16.4. The average Bonchev–Trinajstić information content (AvgIpc) is 3.00. The van der Waals surface area contributed by atoms with E-state index in [4.69, 9.17) is 5.73 Å². The van der Waals surface area contributed by atoms with Crippen molar-refractivity contribution >= 4 is 45.2 Å². The molecule has 0 radical (unpaired) electrons. The van der Waals surface area contributed by atoms with Gasteiger partial charge in [0.2, 0.25) is 5.91 Å². The highest BCUT2D eigenvalue weighted by Gasteiger charge is 2.28. The van der Waals surface area contributed by atoms with E-state index in [2.05, 4.69) is 48.8 Å². The molecule has 3 N–H and O–H groups in total. The largest absolute Gasteiger partial charge is 0.369 e. The summed E-state index contributed by atoms with van der Waals surface area (Å²) in [4.78, 5) is 22.2. The van der Waals surface area contributed by atoms with Crippen LogP contribution in [0.1, 0.15) is 19.3 Å². The molecule has 1 aromatic heterocycles. The summed E-state index contributed by atoms with van der Waals surface area (Å²) in [5.74, 6) is 0.660. The Morgan fingerprint density at radius 3 is 3.13 bits per heavy atom. The van der Waals surface area contributed by atoms with Gasteiger partial charge in [-0.15, -0.1) is 0 Å². The molecule has 2 heterocycles. The van der Waals surface area contributed by atoms with Crippen LogP contribution < -0.4 is 11.1 Å². The van der Waals surface area contributed by atoms with Crippen LogP contribution in [-0.2, 0) is 4.79 Å². The number of benzene rings is 1. The van der Waals surface area contributed by atoms with Gasteiger partial charge in [0, 0.05) is 22.0 Å².